The van der Waals surface area contributed by atoms with Crippen molar-refractivity contribution in [2.75, 3.05) is 16.8 Å². The van der Waals surface area contributed by atoms with Crippen LogP contribution >= 0.6 is 0 Å². The first-order valence-electron chi connectivity index (χ1n) is 9.19. The van der Waals surface area contributed by atoms with Crippen LogP contribution in [-0.4, -0.2) is 23.2 Å². The molecule has 0 saturated carbocycles. The molecule has 28 heavy (non-hydrogen) atoms. The van der Waals surface area contributed by atoms with Gasteiger partial charge in [-0.05, 0) is 56.7 Å². The van der Waals surface area contributed by atoms with E-state index in [1.165, 1.54) is 6.92 Å². The molecule has 5 heteroatoms. The molecule has 0 spiro atoms. The fourth-order valence-electron chi connectivity index (χ4n) is 3.00. The summed E-state index contributed by atoms with van der Waals surface area (Å²) in [5.41, 5.74) is 4.54. The van der Waals surface area contributed by atoms with Crippen molar-refractivity contribution < 1.29 is 9.59 Å². The molecule has 0 aliphatic rings. The number of nitrogens with zero attached hydrogens (tertiary/aromatic N) is 2. The standard InChI is InChI=1S/C23H23N3O2/c1-4-26(22-10-5-7-16(2)11-22)23(28)19-13-21(15-24-14-19)25-20-9-6-8-18(12-20)17(3)27/h5-15,25H,4H2,1-3H3. The third kappa shape index (κ3) is 4.43. The van der Waals surface area contributed by atoms with E-state index in [4.69, 9.17) is 0 Å². The summed E-state index contributed by atoms with van der Waals surface area (Å²) >= 11 is 0. The van der Waals surface area contributed by atoms with E-state index in [9.17, 15) is 9.59 Å². The Hall–Kier alpha value is -3.47. The number of aromatic nitrogens is 1. The van der Waals surface area contributed by atoms with E-state index >= 15 is 0 Å². The van der Waals surface area contributed by atoms with Gasteiger partial charge in [0, 0.05) is 29.7 Å². The highest BCUT2D eigenvalue weighted by Crippen LogP contribution is 2.22. The highest BCUT2D eigenvalue weighted by molar-refractivity contribution is 6.06. The van der Waals surface area contributed by atoms with Crippen molar-refractivity contribution in [3.8, 4) is 0 Å². The number of pyridine rings is 1. The summed E-state index contributed by atoms with van der Waals surface area (Å²) in [6.07, 6.45) is 3.22. The Morgan fingerprint density at radius 3 is 2.43 bits per heavy atom. The van der Waals surface area contributed by atoms with E-state index in [-0.39, 0.29) is 11.7 Å². The lowest BCUT2D eigenvalue weighted by Crippen LogP contribution is -2.30. The third-order valence-corrected chi connectivity index (χ3v) is 4.42. The second kappa shape index (κ2) is 8.48. The zero-order chi connectivity index (χ0) is 20.1. The Kier molecular flexibility index (Phi) is 5.84. The van der Waals surface area contributed by atoms with Gasteiger partial charge in [-0.1, -0.05) is 24.3 Å². The lowest BCUT2D eigenvalue weighted by molar-refractivity contribution is 0.0985. The number of anilines is 3. The molecule has 2 aromatic carbocycles. The summed E-state index contributed by atoms with van der Waals surface area (Å²) < 4.78 is 0. The number of Topliss-reactive ketones (excluding diaryl/α,β-unsaturated/α-hetero) is 1. The summed E-state index contributed by atoms with van der Waals surface area (Å²) in [5, 5.41) is 3.21. The van der Waals surface area contributed by atoms with Crippen LogP contribution in [0.15, 0.2) is 67.0 Å². The predicted molar refractivity (Wildman–Crippen MR) is 112 cm³/mol. The van der Waals surface area contributed by atoms with Gasteiger partial charge in [0.05, 0.1) is 17.4 Å². The van der Waals surface area contributed by atoms with Gasteiger partial charge in [-0.3, -0.25) is 14.6 Å². The maximum atomic E-state index is 13.0. The van der Waals surface area contributed by atoms with Crippen molar-refractivity contribution in [2.24, 2.45) is 0 Å². The van der Waals surface area contributed by atoms with Crippen LogP contribution in [0.2, 0.25) is 0 Å². The first-order valence-corrected chi connectivity index (χ1v) is 9.19. The Morgan fingerprint density at radius 1 is 0.964 bits per heavy atom. The molecule has 0 saturated heterocycles. The minimum absolute atomic E-state index is 0.00226. The van der Waals surface area contributed by atoms with Crippen molar-refractivity contribution in [2.45, 2.75) is 20.8 Å². The van der Waals surface area contributed by atoms with Gasteiger partial charge in [-0.15, -0.1) is 0 Å². The van der Waals surface area contributed by atoms with Crippen LogP contribution in [0.5, 0.6) is 0 Å². The number of rotatable bonds is 6. The van der Waals surface area contributed by atoms with Gasteiger partial charge in [-0.2, -0.15) is 0 Å². The number of carbonyl (C=O) groups is 2. The van der Waals surface area contributed by atoms with E-state index in [1.54, 1.807) is 35.5 Å². The fourth-order valence-corrected chi connectivity index (χ4v) is 3.00. The first kappa shape index (κ1) is 19.3. The lowest BCUT2D eigenvalue weighted by Gasteiger charge is -2.21. The number of amides is 1. The van der Waals surface area contributed by atoms with Crippen LogP contribution in [-0.2, 0) is 0 Å². The number of aryl methyl sites for hydroxylation is 1. The molecule has 0 aliphatic carbocycles. The van der Waals surface area contributed by atoms with E-state index in [0.717, 1.165) is 16.9 Å². The minimum atomic E-state index is -0.110. The number of nitrogens with one attached hydrogen (secondary N) is 1. The number of hydrogen-bond acceptors (Lipinski definition) is 4. The Balaban J connectivity index is 1.85. The van der Waals surface area contributed by atoms with Gasteiger partial charge in [-0.25, -0.2) is 0 Å². The third-order valence-electron chi connectivity index (χ3n) is 4.42. The van der Waals surface area contributed by atoms with Crippen LogP contribution in [0.4, 0.5) is 17.1 Å². The average molecular weight is 373 g/mol. The molecule has 1 heterocycles. The maximum Gasteiger partial charge on any atom is 0.259 e. The topological polar surface area (TPSA) is 62.3 Å². The molecule has 0 fully saturated rings. The van der Waals surface area contributed by atoms with Crippen molar-refractivity contribution in [3.63, 3.8) is 0 Å². The number of carbonyl (C=O) groups excluding carboxylic acids is 2. The van der Waals surface area contributed by atoms with E-state index < -0.39 is 0 Å². The summed E-state index contributed by atoms with van der Waals surface area (Å²) in [4.78, 5) is 30.6. The summed E-state index contributed by atoms with van der Waals surface area (Å²) in [6, 6.07) is 16.9. The number of benzene rings is 2. The second-order valence-corrected chi connectivity index (χ2v) is 6.61. The molecular formula is C23H23N3O2. The number of ketones is 1. The van der Waals surface area contributed by atoms with E-state index in [1.807, 2.05) is 50.2 Å². The Bertz CT molecular complexity index is 1010. The SMILES string of the molecule is CCN(C(=O)c1cncc(Nc2cccc(C(C)=O)c2)c1)c1cccc(C)c1. The summed E-state index contributed by atoms with van der Waals surface area (Å²) in [5.74, 6) is -0.107. The van der Waals surface area contributed by atoms with Crippen LogP contribution < -0.4 is 10.2 Å². The molecule has 3 aromatic rings. The van der Waals surface area contributed by atoms with Gasteiger partial charge in [0.2, 0.25) is 0 Å². The van der Waals surface area contributed by atoms with Crippen molar-refractivity contribution in [3.05, 3.63) is 83.7 Å². The van der Waals surface area contributed by atoms with Crippen molar-refractivity contribution in [1.29, 1.82) is 0 Å². The molecular weight excluding hydrogens is 350 g/mol. The molecule has 0 bridgehead atoms. The zero-order valence-electron chi connectivity index (χ0n) is 16.3. The highest BCUT2D eigenvalue weighted by Gasteiger charge is 2.17. The minimum Gasteiger partial charge on any atom is -0.354 e. The highest BCUT2D eigenvalue weighted by atomic mass is 16.2. The summed E-state index contributed by atoms with van der Waals surface area (Å²) in [6.45, 7) is 6.04. The first-order chi connectivity index (χ1) is 13.5. The van der Waals surface area contributed by atoms with E-state index in [2.05, 4.69) is 10.3 Å². The van der Waals surface area contributed by atoms with Gasteiger partial charge in [0.15, 0.2) is 5.78 Å². The van der Waals surface area contributed by atoms with Crippen LogP contribution in [0, 0.1) is 6.92 Å². The Labute approximate surface area is 165 Å². The zero-order valence-corrected chi connectivity index (χ0v) is 16.3. The molecule has 0 atom stereocenters. The molecule has 1 aromatic heterocycles. The van der Waals surface area contributed by atoms with Crippen LogP contribution in [0.3, 0.4) is 0 Å². The van der Waals surface area contributed by atoms with Crippen LogP contribution in [0.1, 0.15) is 40.1 Å². The molecule has 3 rings (SSSR count). The molecule has 0 unspecified atom stereocenters. The van der Waals surface area contributed by atoms with E-state index in [0.29, 0.717) is 23.4 Å². The van der Waals surface area contributed by atoms with Crippen molar-refractivity contribution >= 4 is 28.8 Å². The molecule has 0 aliphatic heterocycles. The summed E-state index contributed by atoms with van der Waals surface area (Å²) in [7, 11) is 0. The molecule has 1 N–H and O–H groups in total. The lowest BCUT2D eigenvalue weighted by atomic mass is 10.1. The van der Waals surface area contributed by atoms with Crippen molar-refractivity contribution in [1.82, 2.24) is 4.98 Å². The smallest absolute Gasteiger partial charge is 0.259 e. The molecule has 1 amide bonds. The quantitative estimate of drug-likeness (QED) is 0.618. The normalized spacial score (nSPS) is 10.4. The average Bonchev–Trinajstić information content (AvgIpc) is 2.69. The largest absolute Gasteiger partial charge is 0.354 e. The van der Waals surface area contributed by atoms with Gasteiger partial charge in [0.1, 0.15) is 0 Å². The van der Waals surface area contributed by atoms with Gasteiger partial charge < -0.3 is 10.2 Å². The molecule has 0 radical (unpaired) electrons. The van der Waals surface area contributed by atoms with Gasteiger partial charge in [0.25, 0.3) is 5.91 Å². The molecule has 5 nitrogen and oxygen atoms in total. The fraction of sp³-hybridized carbons (Fsp3) is 0.174. The second-order valence-electron chi connectivity index (χ2n) is 6.61. The monoisotopic (exact) mass is 373 g/mol. The number of hydrogen-bond donors (Lipinski definition) is 1. The maximum absolute atomic E-state index is 13.0. The molecule has 142 valence electrons. The predicted octanol–water partition coefficient (Wildman–Crippen LogP) is 5.00. The van der Waals surface area contributed by atoms with Gasteiger partial charge >= 0.3 is 0 Å². The Morgan fingerprint density at radius 2 is 1.71 bits per heavy atom. The van der Waals surface area contributed by atoms with Crippen LogP contribution in [0.25, 0.3) is 0 Å².